The summed E-state index contributed by atoms with van der Waals surface area (Å²) >= 11 is 0. The number of hydrogen-bond acceptors (Lipinski definition) is 4. The number of imidazole rings is 1. The van der Waals surface area contributed by atoms with Gasteiger partial charge in [-0.05, 0) is 6.07 Å². The van der Waals surface area contributed by atoms with Gasteiger partial charge in [0.1, 0.15) is 5.82 Å². The second-order valence-electron chi connectivity index (χ2n) is 4.01. The van der Waals surface area contributed by atoms with Crippen molar-refractivity contribution in [1.82, 2.24) is 15.0 Å². The van der Waals surface area contributed by atoms with Crippen molar-refractivity contribution < 1.29 is 9.13 Å². The van der Waals surface area contributed by atoms with Crippen LogP contribution < -0.4 is 4.74 Å². The molecule has 1 N–H and O–H groups in total. The molecule has 0 bridgehead atoms. The molecule has 5 nitrogen and oxygen atoms in total. The fourth-order valence-electron chi connectivity index (χ4n) is 1.78. The monoisotopic (exact) mass is 288 g/mol. The molecule has 21 heavy (non-hydrogen) atoms. The largest absolute Gasteiger partial charge is 0.481 e. The molecule has 3 heterocycles. The predicted octanol–water partition coefficient (Wildman–Crippen LogP) is 3.66. The molecule has 0 aliphatic carbocycles. The Bertz CT molecular complexity index is 716. The summed E-state index contributed by atoms with van der Waals surface area (Å²) < 4.78 is 18.1. The third-order valence-electron chi connectivity index (χ3n) is 2.73. The van der Waals surface area contributed by atoms with Crippen LogP contribution in [0.1, 0.15) is 26.1 Å². The summed E-state index contributed by atoms with van der Waals surface area (Å²) in [5, 5.41) is 0. The van der Waals surface area contributed by atoms with Gasteiger partial charge in [0.25, 0.3) is 0 Å². The van der Waals surface area contributed by atoms with E-state index >= 15 is 0 Å². The zero-order valence-corrected chi connectivity index (χ0v) is 12.2. The fourth-order valence-corrected chi connectivity index (χ4v) is 1.78. The van der Waals surface area contributed by atoms with E-state index in [1.165, 1.54) is 6.20 Å². The van der Waals surface area contributed by atoms with E-state index in [1.54, 1.807) is 25.3 Å². The molecule has 0 radical (unpaired) electrons. The van der Waals surface area contributed by atoms with E-state index in [1.807, 2.05) is 19.9 Å². The Labute approximate surface area is 122 Å². The third-order valence-corrected chi connectivity index (χ3v) is 2.73. The first-order chi connectivity index (χ1) is 10.3. The van der Waals surface area contributed by atoms with E-state index in [0.29, 0.717) is 22.9 Å². The third kappa shape index (κ3) is 3.34. The summed E-state index contributed by atoms with van der Waals surface area (Å²) in [5.41, 5.74) is 2.06. The van der Waals surface area contributed by atoms with Gasteiger partial charge in [0, 0.05) is 24.3 Å². The molecule has 3 rings (SSSR count). The number of H-pyrrole nitrogens is 1. The molecule has 0 spiro atoms. The van der Waals surface area contributed by atoms with Gasteiger partial charge in [0.05, 0.1) is 12.6 Å². The molecule has 0 saturated heterocycles. The molecule has 2 aromatic heterocycles. The zero-order valence-electron chi connectivity index (χ0n) is 12.2. The van der Waals surface area contributed by atoms with Crippen LogP contribution in [-0.4, -0.2) is 28.0 Å². The molecule has 1 aliphatic heterocycles. The number of pyridine rings is 1. The molecule has 6 heteroatoms. The summed E-state index contributed by atoms with van der Waals surface area (Å²) in [6.45, 7) is 4.00. The maximum Gasteiger partial charge on any atom is 0.215 e. The summed E-state index contributed by atoms with van der Waals surface area (Å²) in [7, 11) is 1.55. The Morgan fingerprint density at radius 1 is 1.24 bits per heavy atom. The molecule has 2 aromatic rings. The van der Waals surface area contributed by atoms with Crippen LogP contribution in [0.15, 0.2) is 35.5 Å². The van der Waals surface area contributed by atoms with Crippen molar-refractivity contribution in [2.45, 2.75) is 20.3 Å². The quantitative estimate of drug-likeness (QED) is 0.917. The maximum absolute atomic E-state index is 13.0. The van der Waals surface area contributed by atoms with Crippen LogP contribution in [0, 0.1) is 0 Å². The Morgan fingerprint density at radius 3 is 2.81 bits per heavy atom. The molecule has 0 aromatic carbocycles. The van der Waals surface area contributed by atoms with Crippen molar-refractivity contribution in [2.24, 2.45) is 4.99 Å². The zero-order chi connectivity index (χ0) is 15.2. The van der Waals surface area contributed by atoms with Gasteiger partial charge >= 0.3 is 0 Å². The number of fused-ring (bicyclic) bond motifs is 1. The van der Waals surface area contributed by atoms with E-state index in [2.05, 4.69) is 19.9 Å². The van der Waals surface area contributed by atoms with E-state index in [0.717, 1.165) is 5.52 Å². The Balaban J connectivity index is 0.000000774. The van der Waals surface area contributed by atoms with Crippen LogP contribution in [0.2, 0.25) is 0 Å². The van der Waals surface area contributed by atoms with Gasteiger partial charge in [-0.15, -0.1) is 0 Å². The number of aromatic amines is 1. The van der Waals surface area contributed by atoms with Gasteiger partial charge in [-0.25, -0.2) is 9.98 Å². The van der Waals surface area contributed by atoms with Crippen molar-refractivity contribution >= 4 is 22.7 Å². The van der Waals surface area contributed by atoms with Crippen molar-refractivity contribution in [3.8, 4) is 5.88 Å². The minimum Gasteiger partial charge on any atom is -0.481 e. The molecule has 1 aliphatic rings. The minimum atomic E-state index is -0.415. The van der Waals surface area contributed by atoms with Crippen LogP contribution >= 0.6 is 0 Å². The molecule has 0 unspecified atom stereocenters. The van der Waals surface area contributed by atoms with Crippen molar-refractivity contribution in [1.29, 1.82) is 0 Å². The number of nitrogens with one attached hydrogen (secondary N) is 1. The van der Waals surface area contributed by atoms with Crippen LogP contribution in [0.5, 0.6) is 5.88 Å². The Morgan fingerprint density at radius 2 is 2.05 bits per heavy atom. The topological polar surface area (TPSA) is 63.2 Å². The molecule has 0 amide bonds. The Hall–Kier alpha value is -2.50. The highest BCUT2D eigenvalue weighted by atomic mass is 19.1. The first-order valence-electron chi connectivity index (χ1n) is 6.76. The van der Waals surface area contributed by atoms with E-state index < -0.39 is 5.97 Å². The number of nitrogens with zero attached hydrogens (tertiary/aromatic N) is 3. The van der Waals surface area contributed by atoms with Crippen LogP contribution in [0.4, 0.5) is 4.39 Å². The number of rotatable bonds is 2. The average molecular weight is 288 g/mol. The lowest BCUT2D eigenvalue weighted by Crippen LogP contribution is -1.86. The highest BCUT2D eigenvalue weighted by Crippen LogP contribution is 2.20. The number of halogens is 1. The smallest absolute Gasteiger partial charge is 0.215 e. The van der Waals surface area contributed by atoms with E-state index in [-0.39, 0.29) is 6.42 Å². The minimum absolute atomic E-state index is 0.201. The standard InChI is InChI=1S/C13H11FN4O.C2H6/c1-19-11-6-5-9-13(17-11)18-12(16-9)8-3-2-4-10(14)15-7-8;1-2/h2-3,5-7H,4H2,1H3,(H,16,17,18);1-2H3. The average Bonchev–Trinajstić information content (AvgIpc) is 2.83. The lowest BCUT2D eigenvalue weighted by Gasteiger charge is -1.95. The molecular formula is C15H17FN4O. The van der Waals surface area contributed by atoms with Gasteiger partial charge < -0.3 is 9.72 Å². The number of methoxy groups -OCH3 is 1. The summed E-state index contributed by atoms with van der Waals surface area (Å²) in [6, 6.07) is 3.59. The lowest BCUT2D eigenvalue weighted by atomic mass is 10.2. The van der Waals surface area contributed by atoms with Crippen LogP contribution in [0.3, 0.4) is 0 Å². The van der Waals surface area contributed by atoms with E-state index in [4.69, 9.17) is 4.74 Å². The van der Waals surface area contributed by atoms with Crippen molar-refractivity contribution in [2.75, 3.05) is 7.11 Å². The normalized spacial score (nSPS) is 13.9. The van der Waals surface area contributed by atoms with E-state index in [9.17, 15) is 4.39 Å². The van der Waals surface area contributed by atoms with Gasteiger partial charge in [-0.2, -0.15) is 9.37 Å². The first-order valence-corrected chi connectivity index (χ1v) is 6.76. The van der Waals surface area contributed by atoms with Gasteiger partial charge in [-0.1, -0.05) is 26.0 Å². The molecule has 0 saturated carbocycles. The number of allylic oxidation sites excluding steroid dienone is 3. The molecular weight excluding hydrogens is 271 g/mol. The summed E-state index contributed by atoms with van der Waals surface area (Å²) in [4.78, 5) is 15.4. The second-order valence-corrected chi connectivity index (χ2v) is 4.01. The maximum atomic E-state index is 13.0. The fraction of sp³-hybridized carbons (Fsp3) is 0.267. The van der Waals surface area contributed by atoms with Crippen LogP contribution in [-0.2, 0) is 0 Å². The van der Waals surface area contributed by atoms with Gasteiger partial charge in [-0.3, -0.25) is 0 Å². The molecule has 0 fully saturated rings. The second kappa shape index (κ2) is 6.78. The number of aromatic nitrogens is 3. The Kier molecular flexibility index (Phi) is 4.81. The molecule has 0 atom stereocenters. The van der Waals surface area contributed by atoms with Gasteiger partial charge in [0.15, 0.2) is 11.6 Å². The highest BCUT2D eigenvalue weighted by Gasteiger charge is 2.09. The lowest BCUT2D eigenvalue weighted by molar-refractivity contribution is 0.399. The first kappa shape index (κ1) is 14.9. The number of aliphatic imine (C=N–C) groups is 1. The molecule has 110 valence electrons. The SMILES string of the molecule is CC.COc1ccc2[nH]c(C3=CN=C(F)CC=C3)nc2n1. The van der Waals surface area contributed by atoms with Crippen LogP contribution in [0.25, 0.3) is 16.7 Å². The number of hydrogen-bond donors (Lipinski definition) is 1. The summed E-state index contributed by atoms with van der Waals surface area (Å²) in [5.74, 6) is 0.688. The predicted molar refractivity (Wildman–Crippen MR) is 82.1 cm³/mol. The highest BCUT2D eigenvalue weighted by molar-refractivity contribution is 5.84. The summed E-state index contributed by atoms with van der Waals surface area (Å²) in [6.07, 6.45) is 5.14. The van der Waals surface area contributed by atoms with Crippen molar-refractivity contribution in [3.05, 3.63) is 36.3 Å². The van der Waals surface area contributed by atoms with Crippen molar-refractivity contribution in [3.63, 3.8) is 0 Å². The van der Waals surface area contributed by atoms with Gasteiger partial charge in [0.2, 0.25) is 5.88 Å². The number of ether oxygens (including phenoxy) is 1.